The van der Waals surface area contributed by atoms with Crippen molar-refractivity contribution < 1.29 is 0 Å². The number of fused-ring (bicyclic) bond motifs is 1. The smallest absolute Gasteiger partial charge is 0.226 e. The number of hydrogen-bond donors (Lipinski definition) is 1. The van der Waals surface area contributed by atoms with Crippen LogP contribution in [0.1, 0.15) is 17.6 Å². The van der Waals surface area contributed by atoms with Crippen molar-refractivity contribution in [1.82, 2.24) is 24.9 Å². The Hall–Kier alpha value is -2.23. The van der Waals surface area contributed by atoms with Gasteiger partial charge in [-0.05, 0) is 35.3 Å². The van der Waals surface area contributed by atoms with E-state index in [0.717, 1.165) is 11.0 Å². The van der Waals surface area contributed by atoms with E-state index in [0.29, 0.717) is 5.82 Å². The predicted molar refractivity (Wildman–Crippen MR) is 73.4 cm³/mol. The van der Waals surface area contributed by atoms with E-state index in [1.54, 1.807) is 0 Å². The second-order valence-corrected chi connectivity index (χ2v) is 4.61. The molecule has 1 unspecified atom stereocenters. The summed E-state index contributed by atoms with van der Waals surface area (Å²) in [6.45, 7) is 0. The predicted octanol–water partition coefficient (Wildman–Crippen LogP) is 2.71. The number of rotatable bonds is 2. The standard InChI is InChI=1S/C12H6Cl2N6/c13-11-18-10(19-12(14)20-11)6(5-15)9-16-7-3-1-2-4-8(7)17-9/h1-4,6H,(H,16,17). The Labute approximate surface area is 123 Å². The molecule has 0 aliphatic heterocycles. The Morgan fingerprint density at radius 3 is 2.40 bits per heavy atom. The number of para-hydroxylation sites is 2. The topological polar surface area (TPSA) is 91.1 Å². The van der Waals surface area contributed by atoms with Crippen molar-refractivity contribution in [2.45, 2.75) is 5.92 Å². The maximum absolute atomic E-state index is 9.34. The summed E-state index contributed by atoms with van der Waals surface area (Å²) in [7, 11) is 0. The molecule has 98 valence electrons. The number of nitrogens with one attached hydrogen (secondary N) is 1. The highest BCUT2D eigenvalue weighted by molar-refractivity contribution is 6.31. The first-order chi connectivity index (χ1) is 9.67. The maximum Gasteiger partial charge on any atom is 0.226 e. The summed E-state index contributed by atoms with van der Waals surface area (Å²) in [4.78, 5) is 18.9. The summed E-state index contributed by atoms with van der Waals surface area (Å²) in [6.07, 6.45) is 0. The van der Waals surface area contributed by atoms with E-state index in [1.165, 1.54) is 0 Å². The Morgan fingerprint density at radius 2 is 1.75 bits per heavy atom. The fourth-order valence-corrected chi connectivity index (χ4v) is 2.20. The third-order valence-electron chi connectivity index (χ3n) is 2.67. The summed E-state index contributed by atoms with van der Waals surface area (Å²) < 4.78 is 0. The second-order valence-electron chi connectivity index (χ2n) is 3.93. The largest absolute Gasteiger partial charge is 0.340 e. The first-order valence-corrected chi connectivity index (χ1v) is 6.34. The van der Waals surface area contributed by atoms with Gasteiger partial charge in [-0.15, -0.1) is 0 Å². The van der Waals surface area contributed by atoms with Crippen molar-refractivity contribution in [3.63, 3.8) is 0 Å². The van der Waals surface area contributed by atoms with Gasteiger partial charge in [-0.2, -0.15) is 10.2 Å². The zero-order valence-corrected chi connectivity index (χ0v) is 11.4. The number of nitriles is 1. The first-order valence-electron chi connectivity index (χ1n) is 5.58. The molecule has 0 fully saturated rings. The van der Waals surface area contributed by atoms with Crippen LogP contribution in [0.4, 0.5) is 0 Å². The van der Waals surface area contributed by atoms with Crippen LogP contribution in [0, 0.1) is 11.3 Å². The zero-order chi connectivity index (χ0) is 14.1. The van der Waals surface area contributed by atoms with E-state index in [-0.39, 0.29) is 16.4 Å². The van der Waals surface area contributed by atoms with E-state index >= 15 is 0 Å². The minimum Gasteiger partial charge on any atom is -0.340 e. The molecule has 0 radical (unpaired) electrons. The molecule has 0 amide bonds. The summed E-state index contributed by atoms with van der Waals surface area (Å²) in [6, 6.07) is 9.54. The molecule has 2 aromatic heterocycles. The van der Waals surface area contributed by atoms with E-state index in [2.05, 4.69) is 31.0 Å². The van der Waals surface area contributed by atoms with Crippen molar-refractivity contribution >= 4 is 34.2 Å². The van der Waals surface area contributed by atoms with Gasteiger partial charge in [-0.1, -0.05) is 12.1 Å². The minimum atomic E-state index is -0.791. The molecule has 3 rings (SSSR count). The molecule has 6 nitrogen and oxygen atoms in total. The third-order valence-corrected chi connectivity index (χ3v) is 3.00. The normalized spacial score (nSPS) is 12.2. The van der Waals surface area contributed by atoms with Crippen LogP contribution in [-0.4, -0.2) is 24.9 Å². The minimum absolute atomic E-state index is 0.0589. The van der Waals surface area contributed by atoms with Crippen molar-refractivity contribution in [2.75, 3.05) is 0 Å². The molecule has 1 aromatic carbocycles. The number of imidazole rings is 1. The number of aromatic amines is 1. The SMILES string of the molecule is N#CC(c1nc(Cl)nc(Cl)n1)c1nc2ccccc2[nH]1. The number of benzene rings is 1. The van der Waals surface area contributed by atoms with Crippen molar-refractivity contribution in [3.05, 3.63) is 46.5 Å². The number of nitrogens with zero attached hydrogens (tertiary/aromatic N) is 5. The van der Waals surface area contributed by atoms with Gasteiger partial charge in [0, 0.05) is 0 Å². The highest BCUT2D eigenvalue weighted by Crippen LogP contribution is 2.23. The second kappa shape index (κ2) is 5.04. The number of aromatic nitrogens is 5. The molecular weight excluding hydrogens is 299 g/mol. The monoisotopic (exact) mass is 304 g/mol. The Morgan fingerprint density at radius 1 is 1.05 bits per heavy atom. The molecule has 1 N–H and O–H groups in total. The molecule has 8 heteroatoms. The highest BCUT2D eigenvalue weighted by Gasteiger charge is 2.22. The van der Waals surface area contributed by atoms with Gasteiger partial charge in [0.25, 0.3) is 0 Å². The van der Waals surface area contributed by atoms with E-state index < -0.39 is 5.92 Å². The van der Waals surface area contributed by atoms with Gasteiger partial charge in [-0.25, -0.2) is 15.0 Å². The average Bonchev–Trinajstić information content (AvgIpc) is 2.81. The lowest BCUT2D eigenvalue weighted by atomic mass is 10.1. The summed E-state index contributed by atoms with van der Waals surface area (Å²) >= 11 is 11.5. The van der Waals surface area contributed by atoms with Gasteiger partial charge in [0.1, 0.15) is 5.82 Å². The molecule has 0 aliphatic rings. The van der Waals surface area contributed by atoms with Gasteiger partial charge >= 0.3 is 0 Å². The maximum atomic E-state index is 9.34. The molecule has 0 spiro atoms. The van der Waals surface area contributed by atoms with Crippen molar-refractivity contribution in [2.24, 2.45) is 0 Å². The summed E-state index contributed by atoms with van der Waals surface area (Å²) in [5, 5.41) is 9.23. The van der Waals surface area contributed by atoms with Crippen molar-refractivity contribution in [3.8, 4) is 6.07 Å². The highest BCUT2D eigenvalue weighted by atomic mass is 35.5. The molecule has 0 bridgehead atoms. The molecule has 3 aromatic rings. The number of H-pyrrole nitrogens is 1. The molecular formula is C12H6Cl2N6. The van der Waals surface area contributed by atoms with Crippen LogP contribution in [0.5, 0.6) is 0 Å². The molecule has 0 aliphatic carbocycles. The van der Waals surface area contributed by atoms with Crippen LogP contribution < -0.4 is 0 Å². The molecule has 0 saturated carbocycles. The van der Waals surface area contributed by atoms with E-state index in [1.807, 2.05) is 24.3 Å². The Balaban J connectivity index is 2.11. The Bertz CT molecular complexity index is 769. The lowest BCUT2D eigenvalue weighted by molar-refractivity contribution is 0.820. The van der Waals surface area contributed by atoms with Gasteiger partial charge < -0.3 is 4.98 Å². The van der Waals surface area contributed by atoms with Gasteiger partial charge in [-0.3, -0.25) is 0 Å². The summed E-state index contributed by atoms with van der Waals surface area (Å²) in [5.74, 6) is -0.191. The van der Waals surface area contributed by atoms with Gasteiger partial charge in [0.2, 0.25) is 10.6 Å². The number of hydrogen-bond acceptors (Lipinski definition) is 5. The van der Waals surface area contributed by atoms with Crippen LogP contribution in [-0.2, 0) is 0 Å². The van der Waals surface area contributed by atoms with E-state index in [4.69, 9.17) is 23.2 Å². The van der Waals surface area contributed by atoms with Crippen LogP contribution in [0.3, 0.4) is 0 Å². The zero-order valence-electron chi connectivity index (χ0n) is 9.88. The van der Waals surface area contributed by atoms with Gasteiger partial charge in [0.05, 0.1) is 17.1 Å². The average molecular weight is 305 g/mol. The van der Waals surface area contributed by atoms with Gasteiger partial charge in [0.15, 0.2) is 11.7 Å². The van der Waals surface area contributed by atoms with E-state index in [9.17, 15) is 5.26 Å². The van der Waals surface area contributed by atoms with Crippen molar-refractivity contribution in [1.29, 1.82) is 5.26 Å². The van der Waals surface area contributed by atoms with Crippen LogP contribution in [0.2, 0.25) is 10.6 Å². The lowest BCUT2D eigenvalue weighted by Gasteiger charge is -2.04. The molecule has 20 heavy (non-hydrogen) atoms. The Kier molecular flexibility index (Phi) is 3.22. The van der Waals surface area contributed by atoms with Crippen LogP contribution >= 0.6 is 23.2 Å². The first kappa shape index (κ1) is 12.8. The summed E-state index contributed by atoms with van der Waals surface area (Å²) in [5.41, 5.74) is 1.59. The molecule has 2 heterocycles. The third kappa shape index (κ3) is 2.29. The fraction of sp³-hybridized carbons (Fsp3) is 0.0833. The lowest BCUT2D eigenvalue weighted by Crippen LogP contribution is -2.07. The fourth-order valence-electron chi connectivity index (χ4n) is 1.82. The quantitative estimate of drug-likeness (QED) is 0.786. The number of halogens is 2. The van der Waals surface area contributed by atoms with Crippen LogP contribution in [0.25, 0.3) is 11.0 Å². The van der Waals surface area contributed by atoms with Crippen LogP contribution in [0.15, 0.2) is 24.3 Å². The molecule has 0 saturated heterocycles. The molecule has 1 atom stereocenters.